The van der Waals surface area contributed by atoms with Crippen LogP contribution in [0.25, 0.3) is 10.9 Å². The van der Waals surface area contributed by atoms with Crippen LogP contribution in [0.4, 0.5) is 0 Å². The van der Waals surface area contributed by atoms with Crippen molar-refractivity contribution in [1.82, 2.24) is 4.57 Å². The molecule has 0 saturated heterocycles. The van der Waals surface area contributed by atoms with Gasteiger partial charge in [-0.25, -0.2) is 4.79 Å². The molecule has 1 aliphatic heterocycles. The second-order valence-electron chi connectivity index (χ2n) is 4.64. The van der Waals surface area contributed by atoms with Crippen LogP contribution in [0, 0.1) is 0 Å². The van der Waals surface area contributed by atoms with Crippen LogP contribution < -0.4 is 5.43 Å². The molecular weight excluding hydrogens is 242 g/mol. The minimum atomic E-state index is -0.496. The SMILES string of the molecule is CCOC(=O)c1c2n(c3ccccc3c1=O)CCC2. The molecular formula is C15H15NO3. The smallest absolute Gasteiger partial charge is 0.343 e. The van der Waals surface area contributed by atoms with Crippen molar-refractivity contribution < 1.29 is 9.53 Å². The number of hydrogen-bond donors (Lipinski definition) is 0. The molecule has 0 fully saturated rings. The number of rotatable bonds is 2. The fourth-order valence-electron chi connectivity index (χ4n) is 2.78. The summed E-state index contributed by atoms with van der Waals surface area (Å²) in [5.41, 5.74) is 1.75. The molecule has 0 radical (unpaired) electrons. The maximum absolute atomic E-state index is 12.5. The van der Waals surface area contributed by atoms with Gasteiger partial charge in [0.2, 0.25) is 5.43 Å². The molecule has 0 saturated carbocycles. The van der Waals surface area contributed by atoms with Crippen molar-refractivity contribution >= 4 is 16.9 Å². The number of aromatic nitrogens is 1. The lowest BCUT2D eigenvalue weighted by Crippen LogP contribution is -2.23. The van der Waals surface area contributed by atoms with Gasteiger partial charge < -0.3 is 9.30 Å². The Labute approximate surface area is 110 Å². The van der Waals surface area contributed by atoms with Gasteiger partial charge in [0.1, 0.15) is 5.56 Å². The molecule has 4 heteroatoms. The fourth-order valence-corrected chi connectivity index (χ4v) is 2.78. The number of esters is 1. The zero-order valence-corrected chi connectivity index (χ0v) is 10.8. The highest BCUT2D eigenvalue weighted by Gasteiger charge is 2.25. The average molecular weight is 257 g/mol. The van der Waals surface area contributed by atoms with E-state index in [9.17, 15) is 9.59 Å². The van der Waals surface area contributed by atoms with E-state index in [0.29, 0.717) is 5.39 Å². The predicted molar refractivity (Wildman–Crippen MR) is 72.5 cm³/mol. The second kappa shape index (κ2) is 4.53. The maximum atomic E-state index is 12.5. The number of carbonyl (C=O) groups is 1. The van der Waals surface area contributed by atoms with E-state index in [-0.39, 0.29) is 17.6 Å². The zero-order valence-electron chi connectivity index (χ0n) is 10.8. The van der Waals surface area contributed by atoms with Gasteiger partial charge in [0.05, 0.1) is 12.1 Å². The first-order valence-corrected chi connectivity index (χ1v) is 6.55. The third-order valence-electron chi connectivity index (χ3n) is 3.56. The van der Waals surface area contributed by atoms with Crippen LogP contribution in [0.5, 0.6) is 0 Å². The summed E-state index contributed by atoms with van der Waals surface area (Å²) >= 11 is 0. The minimum Gasteiger partial charge on any atom is -0.462 e. The molecule has 2 heterocycles. The largest absolute Gasteiger partial charge is 0.462 e. The molecule has 0 amide bonds. The highest BCUT2D eigenvalue weighted by atomic mass is 16.5. The molecule has 1 aromatic heterocycles. The van der Waals surface area contributed by atoms with Gasteiger partial charge in [-0.05, 0) is 31.9 Å². The number of nitrogens with zero attached hydrogens (tertiary/aromatic N) is 1. The Bertz CT molecular complexity index is 715. The fraction of sp³-hybridized carbons (Fsp3) is 0.333. The monoisotopic (exact) mass is 257 g/mol. The molecule has 1 aliphatic rings. The van der Waals surface area contributed by atoms with Crippen molar-refractivity contribution in [1.29, 1.82) is 0 Å². The summed E-state index contributed by atoms with van der Waals surface area (Å²) < 4.78 is 7.10. The quantitative estimate of drug-likeness (QED) is 0.774. The first kappa shape index (κ1) is 12.0. The maximum Gasteiger partial charge on any atom is 0.343 e. The minimum absolute atomic E-state index is 0.206. The summed E-state index contributed by atoms with van der Waals surface area (Å²) in [6, 6.07) is 7.43. The van der Waals surface area contributed by atoms with Gasteiger partial charge in [-0.2, -0.15) is 0 Å². The predicted octanol–water partition coefficient (Wildman–Crippen LogP) is 2.12. The summed E-state index contributed by atoms with van der Waals surface area (Å²) in [6.07, 6.45) is 1.72. The Morgan fingerprint density at radius 2 is 2.16 bits per heavy atom. The van der Waals surface area contributed by atoms with E-state index in [1.54, 1.807) is 13.0 Å². The Kier molecular flexibility index (Phi) is 2.85. The van der Waals surface area contributed by atoms with Gasteiger partial charge in [0, 0.05) is 17.6 Å². The highest BCUT2D eigenvalue weighted by Crippen LogP contribution is 2.23. The number of aryl methyl sites for hydroxylation is 1. The van der Waals surface area contributed by atoms with Crippen LogP contribution in [-0.4, -0.2) is 17.1 Å². The number of pyridine rings is 1. The highest BCUT2D eigenvalue weighted by molar-refractivity contribution is 5.95. The molecule has 1 aromatic carbocycles. The van der Waals surface area contributed by atoms with Crippen molar-refractivity contribution in [2.45, 2.75) is 26.3 Å². The number of carbonyl (C=O) groups excluding carboxylic acids is 1. The summed E-state index contributed by atoms with van der Waals surface area (Å²) in [5.74, 6) is -0.496. The number of para-hydroxylation sites is 1. The molecule has 0 unspecified atom stereocenters. The molecule has 0 aliphatic carbocycles. The topological polar surface area (TPSA) is 48.3 Å². The van der Waals surface area contributed by atoms with Crippen LogP contribution in [-0.2, 0) is 17.7 Å². The number of fused-ring (bicyclic) bond motifs is 3. The van der Waals surface area contributed by atoms with Crippen LogP contribution >= 0.6 is 0 Å². The average Bonchev–Trinajstić information content (AvgIpc) is 2.88. The third-order valence-corrected chi connectivity index (χ3v) is 3.56. The van der Waals surface area contributed by atoms with Crippen molar-refractivity contribution in [3.63, 3.8) is 0 Å². The molecule has 19 heavy (non-hydrogen) atoms. The number of benzene rings is 1. The Morgan fingerprint density at radius 1 is 1.37 bits per heavy atom. The van der Waals surface area contributed by atoms with Crippen LogP contribution in [0.3, 0.4) is 0 Å². The van der Waals surface area contributed by atoms with Crippen molar-refractivity contribution in [3.8, 4) is 0 Å². The zero-order chi connectivity index (χ0) is 13.4. The van der Waals surface area contributed by atoms with E-state index >= 15 is 0 Å². The normalized spacial score (nSPS) is 13.5. The Hall–Kier alpha value is -2.10. The van der Waals surface area contributed by atoms with Gasteiger partial charge in [-0.15, -0.1) is 0 Å². The second-order valence-corrected chi connectivity index (χ2v) is 4.64. The molecule has 0 spiro atoms. The molecule has 0 N–H and O–H groups in total. The molecule has 3 rings (SSSR count). The summed E-state index contributed by atoms with van der Waals surface area (Å²) in [6.45, 7) is 2.88. The van der Waals surface area contributed by atoms with Crippen LogP contribution in [0.2, 0.25) is 0 Å². The lowest BCUT2D eigenvalue weighted by atomic mass is 10.1. The lowest BCUT2D eigenvalue weighted by Gasteiger charge is -2.13. The van der Waals surface area contributed by atoms with E-state index in [1.807, 2.05) is 18.2 Å². The van der Waals surface area contributed by atoms with Gasteiger partial charge in [-0.3, -0.25) is 4.79 Å². The number of hydrogen-bond acceptors (Lipinski definition) is 3. The molecule has 2 aromatic rings. The van der Waals surface area contributed by atoms with Crippen molar-refractivity contribution in [2.24, 2.45) is 0 Å². The van der Waals surface area contributed by atoms with Gasteiger partial charge in [-0.1, -0.05) is 12.1 Å². The summed E-state index contributed by atoms with van der Waals surface area (Å²) in [4.78, 5) is 24.5. The lowest BCUT2D eigenvalue weighted by molar-refractivity contribution is 0.0523. The Morgan fingerprint density at radius 3 is 2.95 bits per heavy atom. The van der Waals surface area contributed by atoms with Gasteiger partial charge >= 0.3 is 5.97 Å². The van der Waals surface area contributed by atoms with Crippen LogP contribution in [0.15, 0.2) is 29.1 Å². The van der Waals surface area contributed by atoms with E-state index < -0.39 is 5.97 Å². The van der Waals surface area contributed by atoms with E-state index in [0.717, 1.165) is 30.6 Å². The molecule has 0 bridgehead atoms. The first-order valence-electron chi connectivity index (χ1n) is 6.55. The molecule has 4 nitrogen and oxygen atoms in total. The van der Waals surface area contributed by atoms with Crippen molar-refractivity contribution in [3.05, 3.63) is 45.7 Å². The molecule has 0 atom stereocenters. The summed E-state index contributed by atoms with van der Waals surface area (Å²) in [5, 5.41) is 0.594. The molecule has 98 valence electrons. The van der Waals surface area contributed by atoms with Crippen molar-refractivity contribution in [2.75, 3.05) is 6.61 Å². The summed E-state index contributed by atoms with van der Waals surface area (Å²) in [7, 11) is 0. The third kappa shape index (κ3) is 1.75. The van der Waals surface area contributed by atoms with Crippen LogP contribution in [0.1, 0.15) is 29.4 Å². The van der Waals surface area contributed by atoms with E-state index in [4.69, 9.17) is 4.74 Å². The number of ether oxygens (including phenoxy) is 1. The first-order chi connectivity index (χ1) is 9.24. The Balaban J connectivity index is 2.37. The van der Waals surface area contributed by atoms with Gasteiger partial charge in [0.25, 0.3) is 0 Å². The van der Waals surface area contributed by atoms with Gasteiger partial charge in [0.15, 0.2) is 0 Å². The standard InChI is InChI=1S/C15H15NO3/c1-2-19-15(18)13-12-8-5-9-16(12)11-7-4-3-6-10(11)14(13)17/h3-4,6-7H,2,5,8-9H2,1H3. The van der Waals surface area contributed by atoms with E-state index in [1.165, 1.54) is 0 Å². The van der Waals surface area contributed by atoms with E-state index in [2.05, 4.69) is 4.57 Å².